The highest BCUT2D eigenvalue weighted by Crippen LogP contribution is 2.19. The van der Waals surface area contributed by atoms with E-state index < -0.39 is 5.97 Å². The molecule has 0 radical (unpaired) electrons. The van der Waals surface area contributed by atoms with E-state index in [1.807, 2.05) is 67.5 Å². The van der Waals surface area contributed by atoms with Crippen molar-refractivity contribution in [2.75, 3.05) is 26.1 Å². The molecule has 0 aliphatic heterocycles. The SMILES string of the molecule is COc1ccccc1COC(=O)/C(C#N)=C/c1ccc(N(C)C)cc1. The Balaban J connectivity index is 2.09. The van der Waals surface area contributed by atoms with Crippen molar-refractivity contribution in [2.24, 2.45) is 0 Å². The normalized spacial score (nSPS) is 10.7. The van der Waals surface area contributed by atoms with E-state index in [1.54, 1.807) is 13.2 Å². The van der Waals surface area contributed by atoms with Gasteiger partial charge in [-0.15, -0.1) is 0 Å². The smallest absolute Gasteiger partial charge is 0.349 e. The molecule has 25 heavy (non-hydrogen) atoms. The molecule has 0 saturated heterocycles. The highest BCUT2D eigenvalue weighted by molar-refractivity contribution is 5.97. The molecule has 0 spiro atoms. The quantitative estimate of drug-likeness (QED) is 0.459. The van der Waals surface area contributed by atoms with E-state index in [-0.39, 0.29) is 12.2 Å². The molecule has 2 aromatic carbocycles. The summed E-state index contributed by atoms with van der Waals surface area (Å²) >= 11 is 0. The molecule has 2 rings (SSSR count). The molecule has 0 aliphatic rings. The van der Waals surface area contributed by atoms with Crippen LogP contribution >= 0.6 is 0 Å². The topological polar surface area (TPSA) is 62.6 Å². The first-order valence-electron chi connectivity index (χ1n) is 7.73. The molecule has 0 amide bonds. The lowest BCUT2D eigenvalue weighted by atomic mass is 10.1. The minimum atomic E-state index is -0.662. The molecule has 0 saturated carbocycles. The Hall–Kier alpha value is -3.26. The molecular weight excluding hydrogens is 316 g/mol. The summed E-state index contributed by atoms with van der Waals surface area (Å²) in [4.78, 5) is 14.1. The van der Waals surface area contributed by atoms with E-state index in [1.165, 1.54) is 6.08 Å². The number of benzene rings is 2. The van der Waals surface area contributed by atoms with Crippen LogP contribution in [0.1, 0.15) is 11.1 Å². The molecule has 0 aromatic heterocycles. The number of para-hydroxylation sites is 1. The zero-order valence-corrected chi connectivity index (χ0v) is 14.5. The van der Waals surface area contributed by atoms with Gasteiger partial charge in [-0.05, 0) is 29.8 Å². The number of hydrogen-bond donors (Lipinski definition) is 0. The van der Waals surface area contributed by atoms with Crippen molar-refractivity contribution in [2.45, 2.75) is 6.61 Å². The summed E-state index contributed by atoms with van der Waals surface area (Å²) in [5, 5.41) is 9.25. The maximum atomic E-state index is 12.2. The number of carbonyl (C=O) groups excluding carboxylic acids is 1. The first kappa shape index (κ1) is 18.1. The van der Waals surface area contributed by atoms with Crippen LogP contribution in [0, 0.1) is 11.3 Å². The molecular formula is C20H20N2O3. The van der Waals surface area contributed by atoms with Gasteiger partial charge in [-0.2, -0.15) is 5.26 Å². The van der Waals surface area contributed by atoms with Crippen molar-refractivity contribution >= 4 is 17.7 Å². The summed E-state index contributed by atoms with van der Waals surface area (Å²) in [7, 11) is 5.44. The van der Waals surface area contributed by atoms with Gasteiger partial charge in [-0.25, -0.2) is 4.79 Å². The maximum absolute atomic E-state index is 12.2. The largest absolute Gasteiger partial charge is 0.496 e. The first-order chi connectivity index (χ1) is 12.0. The summed E-state index contributed by atoms with van der Waals surface area (Å²) < 4.78 is 10.5. The number of carbonyl (C=O) groups is 1. The molecule has 5 nitrogen and oxygen atoms in total. The minimum absolute atomic E-state index is 0.0431. The second-order valence-corrected chi connectivity index (χ2v) is 5.54. The summed E-state index contributed by atoms with van der Waals surface area (Å²) in [5.41, 5.74) is 2.49. The zero-order chi connectivity index (χ0) is 18.2. The van der Waals surface area contributed by atoms with Crippen LogP contribution < -0.4 is 9.64 Å². The molecule has 128 valence electrons. The third-order valence-electron chi connectivity index (χ3n) is 3.61. The Labute approximate surface area is 147 Å². The second-order valence-electron chi connectivity index (χ2n) is 5.54. The standard InChI is InChI=1S/C20H20N2O3/c1-22(2)18-10-8-15(9-11-18)12-17(13-21)20(23)25-14-16-6-4-5-7-19(16)24-3/h4-12H,14H2,1-3H3/b17-12+. The van der Waals surface area contributed by atoms with Gasteiger partial charge in [0.2, 0.25) is 0 Å². The highest BCUT2D eigenvalue weighted by atomic mass is 16.5. The third kappa shape index (κ3) is 4.85. The van der Waals surface area contributed by atoms with E-state index >= 15 is 0 Å². The molecule has 0 unspecified atom stereocenters. The van der Waals surface area contributed by atoms with Crippen LogP contribution in [0.4, 0.5) is 5.69 Å². The van der Waals surface area contributed by atoms with Crippen LogP contribution in [0.15, 0.2) is 54.1 Å². The first-order valence-corrected chi connectivity index (χ1v) is 7.73. The van der Waals surface area contributed by atoms with Crippen molar-refractivity contribution in [3.05, 3.63) is 65.2 Å². The summed E-state index contributed by atoms with van der Waals surface area (Å²) in [6.45, 7) is 0.0431. The molecule has 0 fully saturated rings. The average molecular weight is 336 g/mol. The summed E-state index contributed by atoms with van der Waals surface area (Å²) in [5.74, 6) is -0.0258. The lowest BCUT2D eigenvalue weighted by Crippen LogP contribution is -2.08. The van der Waals surface area contributed by atoms with Gasteiger partial charge in [0.25, 0.3) is 0 Å². The van der Waals surface area contributed by atoms with Crippen molar-refractivity contribution in [1.82, 2.24) is 0 Å². The van der Waals surface area contributed by atoms with Crippen LogP contribution in [0.25, 0.3) is 6.08 Å². The third-order valence-corrected chi connectivity index (χ3v) is 3.61. The number of esters is 1. The fourth-order valence-electron chi connectivity index (χ4n) is 2.22. The summed E-state index contributed by atoms with van der Waals surface area (Å²) in [6.07, 6.45) is 1.52. The molecule has 0 bridgehead atoms. The van der Waals surface area contributed by atoms with E-state index in [4.69, 9.17) is 9.47 Å². The van der Waals surface area contributed by atoms with E-state index in [0.29, 0.717) is 5.75 Å². The van der Waals surface area contributed by atoms with E-state index in [9.17, 15) is 10.1 Å². The van der Waals surface area contributed by atoms with Gasteiger partial charge in [-0.1, -0.05) is 30.3 Å². The molecule has 0 N–H and O–H groups in total. The second kappa shape index (κ2) is 8.55. The van der Waals surface area contributed by atoms with Gasteiger partial charge in [-0.3, -0.25) is 0 Å². The van der Waals surface area contributed by atoms with Crippen LogP contribution in [0.5, 0.6) is 5.75 Å². The van der Waals surface area contributed by atoms with Crippen LogP contribution in [-0.4, -0.2) is 27.2 Å². The lowest BCUT2D eigenvalue weighted by Gasteiger charge is -2.12. The van der Waals surface area contributed by atoms with Gasteiger partial charge in [0.15, 0.2) is 0 Å². The number of methoxy groups -OCH3 is 1. The molecule has 0 heterocycles. The Kier molecular flexibility index (Phi) is 6.19. The maximum Gasteiger partial charge on any atom is 0.349 e. The Morgan fingerprint density at radius 2 is 1.84 bits per heavy atom. The van der Waals surface area contributed by atoms with Crippen molar-refractivity contribution in [1.29, 1.82) is 5.26 Å². The number of anilines is 1. The average Bonchev–Trinajstić information content (AvgIpc) is 2.64. The van der Waals surface area contributed by atoms with Gasteiger partial charge in [0, 0.05) is 25.3 Å². The molecule has 0 aliphatic carbocycles. The van der Waals surface area contributed by atoms with Crippen LogP contribution in [-0.2, 0) is 16.1 Å². The molecule has 5 heteroatoms. The summed E-state index contributed by atoms with van der Waals surface area (Å²) in [6, 6.07) is 16.7. The minimum Gasteiger partial charge on any atom is -0.496 e. The van der Waals surface area contributed by atoms with Crippen molar-refractivity contribution in [3.8, 4) is 11.8 Å². The molecule has 0 atom stereocenters. The predicted molar refractivity (Wildman–Crippen MR) is 97.1 cm³/mol. The Morgan fingerprint density at radius 1 is 1.16 bits per heavy atom. The fourth-order valence-corrected chi connectivity index (χ4v) is 2.22. The van der Waals surface area contributed by atoms with Gasteiger partial charge >= 0.3 is 5.97 Å². The van der Waals surface area contributed by atoms with Gasteiger partial charge in [0.1, 0.15) is 24.0 Å². The molecule has 2 aromatic rings. The number of ether oxygens (including phenoxy) is 2. The van der Waals surface area contributed by atoms with E-state index in [2.05, 4.69) is 0 Å². The zero-order valence-electron chi connectivity index (χ0n) is 14.5. The monoisotopic (exact) mass is 336 g/mol. The number of nitrogens with zero attached hydrogens (tertiary/aromatic N) is 2. The highest BCUT2D eigenvalue weighted by Gasteiger charge is 2.12. The number of nitriles is 1. The lowest BCUT2D eigenvalue weighted by molar-refractivity contribution is -0.139. The number of rotatable bonds is 6. The predicted octanol–water partition coefficient (Wildman–Crippen LogP) is 3.41. The van der Waals surface area contributed by atoms with Crippen molar-refractivity contribution < 1.29 is 14.3 Å². The Morgan fingerprint density at radius 3 is 2.44 bits per heavy atom. The fraction of sp³-hybridized carbons (Fsp3) is 0.200. The Bertz CT molecular complexity index is 802. The van der Waals surface area contributed by atoms with Gasteiger partial charge < -0.3 is 14.4 Å². The van der Waals surface area contributed by atoms with Crippen molar-refractivity contribution in [3.63, 3.8) is 0 Å². The van der Waals surface area contributed by atoms with E-state index in [0.717, 1.165) is 16.8 Å². The van der Waals surface area contributed by atoms with Crippen LogP contribution in [0.2, 0.25) is 0 Å². The van der Waals surface area contributed by atoms with Gasteiger partial charge in [0.05, 0.1) is 7.11 Å². The van der Waals surface area contributed by atoms with Crippen LogP contribution in [0.3, 0.4) is 0 Å². The number of hydrogen-bond acceptors (Lipinski definition) is 5.